The number of aliphatic hydroxyl groups excluding tert-OH is 2. The van der Waals surface area contributed by atoms with Gasteiger partial charge in [-0.2, -0.15) is 5.10 Å². The van der Waals surface area contributed by atoms with Gasteiger partial charge in [-0.25, -0.2) is 4.68 Å². The van der Waals surface area contributed by atoms with Gasteiger partial charge in [0, 0.05) is 38.4 Å². The summed E-state index contributed by atoms with van der Waals surface area (Å²) in [6, 6.07) is 7.45. The van der Waals surface area contributed by atoms with Crippen LogP contribution in [-0.4, -0.2) is 77.4 Å². The molecule has 3 rings (SSSR count). The molecule has 0 saturated carbocycles. The Morgan fingerprint density at radius 2 is 2.14 bits per heavy atom. The Morgan fingerprint density at radius 3 is 2.86 bits per heavy atom. The van der Waals surface area contributed by atoms with Crippen LogP contribution in [0, 0.1) is 5.41 Å². The van der Waals surface area contributed by atoms with E-state index in [1.54, 1.807) is 30.0 Å². The molecule has 158 valence electrons. The zero-order valence-electron chi connectivity index (χ0n) is 17.0. The molecule has 2 atom stereocenters. The molecule has 29 heavy (non-hydrogen) atoms. The first-order chi connectivity index (χ1) is 14.0. The highest BCUT2D eigenvalue weighted by atomic mass is 16.5. The minimum absolute atomic E-state index is 0.164. The number of aliphatic hydroxyl groups is 2. The highest BCUT2D eigenvalue weighted by molar-refractivity contribution is 5.94. The third-order valence-electron chi connectivity index (χ3n) is 5.67. The molecule has 1 fully saturated rings. The molecular weight excluding hydrogens is 374 g/mol. The number of amides is 1. The zero-order chi connectivity index (χ0) is 20.9. The lowest BCUT2D eigenvalue weighted by molar-refractivity contribution is -0.0745. The Labute approximate surface area is 170 Å². The molecule has 1 aliphatic rings. The second-order valence-corrected chi connectivity index (χ2v) is 7.49. The van der Waals surface area contributed by atoms with Crippen LogP contribution >= 0.6 is 0 Å². The maximum Gasteiger partial charge on any atom is 0.257 e. The van der Waals surface area contributed by atoms with Gasteiger partial charge in [0.2, 0.25) is 0 Å². The monoisotopic (exact) mass is 403 g/mol. The quantitative estimate of drug-likeness (QED) is 0.649. The SMILES string of the molecule is COCCC[C@@]1(CO)CN(C(=O)c2cnn(-c3ccccc3OC)c2)CC[C@H]1O. The van der Waals surface area contributed by atoms with Gasteiger partial charge >= 0.3 is 0 Å². The first kappa shape index (κ1) is 21.3. The molecule has 0 radical (unpaired) electrons. The van der Waals surface area contributed by atoms with Gasteiger partial charge in [-0.05, 0) is 31.4 Å². The number of carbonyl (C=O) groups is 1. The average molecular weight is 403 g/mol. The number of methoxy groups -OCH3 is 2. The molecule has 1 saturated heterocycles. The molecular formula is C21H29N3O5. The highest BCUT2D eigenvalue weighted by Gasteiger charge is 2.43. The minimum atomic E-state index is -0.731. The van der Waals surface area contributed by atoms with Crippen molar-refractivity contribution in [3.63, 3.8) is 0 Å². The van der Waals surface area contributed by atoms with Gasteiger partial charge in [0.25, 0.3) is 5.91 Å². The fraction of sp³-hybridized carbons (Fsp3) is 0.524. The molecule has 0 aliphatic carbocycles. The van der Waals surface area contributed by atoms with E-state index in [4.69, 9.17) is 9.47 Å². The van der Waals surface area contributed by atoms with Gasteiger partial charge in [-0.15, -0.1) is 0 Å². The average Bonchev–Trinajstić information content (AvgIpc) is 3.25. The second-order valence-electron chi connectivity index (χ2n) is 7.49. The Balaban J connectivity index is 1.77. The van der Waals surface area contributed by atoms with Crippen molar-refractivity contribution < 1.29 is 24.5 Å². The van der Waals surface area contributed by atoms with Gasteiger partial charge in [-0.1, -0.05) is 12.1 Å². The number of likely N-dealkylation sites (tertiary alicyclic amines) is 1. The van der Waals surface area contributed by atoms with Gasteiger partial charge in [0.15, 0.2) is 0 Å². The molecule has 0 unspecified atom stereocenters. The van der Waals surface area contributed by atoms with E-state index in [0.717, 1.165) is 5.69 Å². The predicted molar refractivity (Wildman–Crippen MR) is 107 cm³/mol. The van der Waals surface area contributed by atoms with Crippen molar-refractivity contribution in [2.75, 3.05) is 40.5 Å². The largest absolute Gasteiger partial charge is 0.494 e. The van der Waals surface area contributed by atoms with E-state index >= 15 is 0 Å². The smallest absolute Gasteiger partial charge is 0.257 e. The van der Waals surface area contributed by atoms with Crippen molar-refractivity contribution >= 4 is 5.91 Å². The van der Waals surface area contributed by atoms with Crippen LogP contribution < -0.4 is 4.74 Å². The number of ether oxygens (including phenoxy) is 2. The van der Waals surface area contributed by atoms with Gasteiger partial charge in [-0.3, -0.25) is 4.79 Å². The van der Waals surface area contributed by atoms with Crippen LogP contribution in [0.15, 0.2) is 36.7 Å². The first-order valence-electron chi connectivity index (χ1n) is 9.80. The summed E-state index contributed by atoms with van der Waals surface area (Å²) < 4.78 is 12.1. The van der Waals surface area contributed by atoms with Crippen LogP contribution in [0.2, 0.25) is 0 Å². The van der Waals surface area contributed by atoms with E-state index in [0.29, 0.717) is 50.3 Å². The number of rotatable bonds is 8. The Morgan fingerprint density at radius 1 is 1.34 bits per heavy atom. The molecule has 1 aliphatic heterocycles. The summed E-state index contributed by atoms with van der Waals surface area (Å²) in [6.45, 7) is 1.11. The van der Waals surface area contributed by atoms with Crippen molar-refractivity contribution in [3.8, 4) is 11.4 Å². The van der Waals surface area contributed by atoms with Crippen LogP contribution in [0.1, 0.15) is 29.6 Å². The maximum absolute atomic E-state index is 13.1. The number of carbonyl (C=O) groups excluding carboxylic acids is 1. The van der Waals surface area contributed by atoms with E-state index in [9.17, 15) is 15.0 Å². The van der Waals surface area contributed by atoms with Crippen LogP contribution in [0.25, 0.3) is 5.69 Å². The lowest BCUT2D eigenvalue weighted by Gasteiger charge is -2.45. The fourth-order valence-corrected chi connectivity index (χ4v) is 3.94. The molecule has 2 aromatic rings. The lowest BCUT2D eigenvalue weighted by Crippen LogP contribution is -2.55. The number of benzene rings is 1. The molecule has 0 spiro atoms. The van der Waals surface area contributed by atoms with E-state index in [-0.39, 0.29) is 12.5 Å². The number of piperidine rings is 1. The third kappa shape index (κ3) is 4.44. The van der Waals surface area contributed by atoms with Crippen molar-refractivity contribution in [2.24, 2.45) is 5.41 Å². The van der Waals surface area contributed by atoms with Crippen LogP contribution in [0.5, 0.6) is 5.75 Å². The fourth-order valence-electron chi connectivity index (χ4n) is 3.94. The van der Waals surface area contributed by atoms with Crippen LogP contribution in [0.4, 0.5) is 0 Å². The Bertz CT molecular complexity index is 824. The van der Waals surface area contributed by atoms with Crippen molar-refractivity contribution in [3.05, 3.63) is 42.2 Å². The molecule has 8 heteroatoms. The maximum atomic E-state index is 13.1. The second kappa shape index (κ2) is 9.39. The Kier molecular flexibility index (Phi) is 6.89. The molecule has 8 nitrogen and oxygen atoms in total. The molecule has 1 amide bonds. The first-order valence-corrected chi connectivity index (χ1v) is 9.80. The number of hydrogen-bond donors (Lipinski definition) is 2. The van der Waals surface area contributed by atoms with Gasteiger partial charge in [0.05, 0.1) is 31.6 Å². The number of hydrogen-bond acceptors (Lipinski definition) is 6. The van der Waals surface area contributed by atoms with Crippen molar-refractivity contribution in [1.29, 1.82) is 0 Å². The summed E-state index contributed by atoms with van der Waals surface area (Å²) in [5.74, 6) is 0.496. The zero-order valence-corrected chi connectivity index (χ0v) is 17.0. The van der Waals surface area contributed by atoms with E-state index in [1.807, 2.05) is 24.3 Å². The standard InChI is InChI=1S/C21H29N3O5/c1-28-11-5-9-21(15-25)14-23(10-8-19(21)26)20(27)16-12-22-24(13-16)17-6-3-4-7-18(17)29-2/h3-4,6-7,12-13,19,25-26H,5,8-11,14-15H2,1-2H3/t19-,21+/m1/s1. The van der Waals surface area contributed by atoms with E-state index in [1.165, 1.54) is 6.20 Å². The topological polar surface area (TPSA) is 97.1 Å². The minimum Gasteiger partial charge on any atom is -0.494 e. The number of aromatic nitrogens is 2. The summed E-state index contributed by atoms with van der Waals surface area (Å²) in [5, 5.41) is 24.9. The lowest BCUT2D eigenvalue weighted by atomic mass is 9.74. The number of nitrogens with zero attached hydrogens (tertiary/aromatic N) is 3. The van der Waals surface area contributed by atoms with Gasteiger partial charge < -0.3 is 24.6 Å². The summed E-state index contributed by atoms with van der Waals surface area (Å²) in [5.41, 5.74) is 0.467. The van der Waals surface area contributed by atoms with Gasteiger partial charge in [0.1, 0.15) is 11.4 Å². The van der Waals surface area contributed by atoms with Crippen molar-refractivity contribution in [2.45, 2.75) is 25.4 Å². The summed E-state index contributed by atoms with van der Waals surface area (Å²) in [4.78, 5) is 14.8. The Hall–Kier alpha value is -2.42. The van der Waals surface area contributed by atoms with Crippen molar-refractivity contribution in [1.82, 2.24) is 14.7 Å². The van der Waals surface area contributed by atoms with Crippen LogP contribution in [0.3, 0.4) is 0 Å². The van der Waals surface area contributed by atoms with E-state index in [2.05, 4.69) is 5.10 Å². The molecule has 2 heterocycles. The summed E-state index contributed by atoms with van der Waals surface area (Å²) in [7, 11) is 3.21. The van der Waals surface area contributed by atoms with E-state index < -0.39 is 11.5 Å². The summed E-state index contributed by atoms with van der Waals surface area (Å²) >= 11 is 0. The van der Waals surface area contributed by atoms with Crippen LogP contribution in [-0.2, 0) is 4.74 Å². The summed E-state index contributed by atoms with van der Waals surface area (Å²) in [6.07, 6.45) is 4.29. The molecule has 2 N–H and O–H groups in total. The predicted octanol–water partition coefficient (Wildman–Crippen LogP) is 1.49. The molecule has 1 aromatic heterocycles. The normalized spacial score (nSPS) is 21.9. The number of para-hydroxylation sites is 2. The third-order valence-corrected chi connectivity index (χ3v) is 5.67. The molecule has 0 bridgehead atoms. The highest BCUT2D eigenvalue weighted by Crippen LogP contribution is 2.35. The molecule has 1 aromatic carbocycles.